The van der Waals surface area contributed by atoms with E-state index in [9.17, 15) is 14.4 Å². The van der Waals surface area contributed by atoms with E-state index in [2.05, 4.69) is 10.3 Å². The monoisotopic (exact) mass is 414 g/mol. The van der Waals surface area contributed by atoms with Gasteiger partial charge in [-0.3, -0.25) is 9.59 Å². The molecule has 1 aromatic heterocycles. The van der Waals surface area contributed by atoms with Gasteiger partial charge in [0.25, 0.3) is 5.91 Å². The molecule has 2 aromatic rings. The number of nitrogens with one attached hydrogen (secondary N) is 2. The Morgan fingerprint density at radius 3 is 2.53 bits per heavy atom. The van der Waals surface area contributed by atoms with Gasteiger partial charge < -0.3 is 24.5 Å². The van der Waals surface area contributed by atoms with Gasteiger partial charge in [0, 0.05) is 18.2 Å². The third-order valence-corrected chi connectivity index (χ3v) is 4.76. The molecular weight excluding hydrogens is 388 g/mol. The van der Waals surface area contributed by atoms with Crippen molar-refractivity contribution in [1.82, 2.24) is 10.3 Å². The van der Waals surface area contributed by atoms with Crippen LogP contribution in [0.2, 0.25) is 0 Å². The second-order valence-electron chi connectivity index (χ2n) is 7.48. The van der Waals surface area contributed by atoms with Gasteiger partial charge in [0.05, 0.1) is 19.3 Å². The smallest absolute Gasteiger partial charge is 0.355 e. The minimum Gasteiger partial charge on any atom is -0.490 e. The molecule has 2 heterocycles. The molecule has 0 spiro atoms. The van der Waals surface area contributed by atoms with Crippen molar-refractivity contribution in [3.05, 3.63) is 47.3 Å². The highest BCUT2D eigenvalue weighted by molar-refractivity contribution is 5.97. The van der Waals surface area contributed by atoms with Crippen molar-refractivity contribution < 1.29 is 28.6 Å². The predicted molar refractivity (Wildman–Crippen MR) is 109 cm³/mol. The largest absolute Gasteiger partial charge is 0.490 e. The van der Waals surface area contributed by atoms with Crippen molar-refractivity contribution in [3.8, 4) is 11.5 Å². The first-order valence-corrected chi connectivity index (χ1v) is 9.90. The van der Waals surface area contributed by atoms with Gasteiger partial charge in [-0.05, 0) is 36.6 Å². The molecule has 0 unspecified atom stereocenters. The summed E-state index contributed by atoms with van der Waals surface area (Å²) in [5, 5.41) is 2.91. The fourth-order valence-corrected chi connectivity index (χ4v) is 3.15. The number of amides is 1. The van der Waals surface area contributed by atoms with Crippen LogP contribution in [0.5, 0.6) is 11.5 Å². The summed E-state index contributed by atoms with van der Waals surface area (Å²) in [6.45, 7) is 6.13. The first kappa shape index (κ1) is 21.4. The number of fused-ring (bicyclic) bond motifs is 1. The van der Waals surface area contributed by atoms with Gasteiger partial charge in [0.1, 0.15) is 5.69 Å². The van der Waals surface area contributed by atoms with E-state index in [1.807, 2.05) is 32.0 Å². The lowest BCUT2D eigenvalue weighted by Crippen LogP contribution is -2.35. The Hall–Kier alpha value is -3.29. The number of hydrogen-bond acceptors (Lipinski definition) is 6. The number of esters is 1. The molecule has 30 heavy (non-hydrogen) atoms. The average molecular weight is 414 g/mol. The summed E-state index contributed by atoms with van der Waals surface area (Å²) in [4.78, 5) is 38.5. The maximum atomic E-state index is 12.4. The minimum absolute atomic E-state index is 0.0935. The molecule has 8 heteroatoms. The Bertz CT molecular complexity index is 933. The molecule has 1 aromatic carbocycles. The number of carbonyl (C=O) groups is 3. The number of ketones is 1. The summed E-state index contributed by atoms with van der Waals surface area (Å²) in [7, 11) is 0. The number of aromatic nitrogens is 1. The fourth-order valence-electron chi connectivity index (χ4n) is 3.15. The SMILES string of the molecule is CC(=O)c1c[nH]c(C(=O)OCC(=O)N[C@H](c2ccc3c(c2)OCCCO3)C(C)C)c1. The predicted octanol–water partition coefficient (Wildman–Crippen LogP) is 3.05. The minimum atomic E-state index is -0.700. The third-order valence-electron chi connectivity index (χ3n) is 4.76. The van der Waals surface area contributed by atoms with Crippen molar-refractivity contribution in [1.29, 1.82) is 0 Å². The van der Waals surface area contributed by atoms with E-state index < -0.39 is 18.5 Å². The van der Waals surface area contributed by atoms with Crippen LogP contribution in [0, 0.1) is 5.92 Å². The zero-order chi connectivity index (χ0) is 21.7. The molecule has 0 radical (unpaired) electrons. The Morgan fingerprint density at radius 1 is 1.13 bits per heavy atom. The lowest BCUT2D eigenvalue weighted by atomic mass is 9.95. The van der Waals surface area contributed by atoms with Crippen LogP contribution in [-0.2, 0) is 9.53 Å². The summed E-state index contributed by atoms with van der Waals surface area (Å²) in [6, 6.07) is 6.72. The number of hydrogen-bond donors (Lipinski definition) is 2. The van der Waals surface area contributed by atoms with E-state index in [1.165, 1.54) is 19.2 Å². The van der Waals surface area contributed by atoms with Gasteiger partial charge in [0.2, 0.25) is 0 Å². The Morgan fingerprint density at radius 2 is 1.87 bits per heavy atom. The van der Waals surface area contributed by atoms with Crippen LogP contribution in [0.1, 0.15) is 59.6 Å². The van der Waals surface area contributed by atoms with Gasteiger partial charge >= 0.3 is 5.97 Å². The normalized spacial score (nSPS) is 14.0. The third kappa shape index (κ3) is 5.20. The number of aromatic amines is 1. The second kappa shape index (κ2) is 9.47. The van der Waals surface area contributed by atoms with Crippen molar-refractivity contribution in [3.63, 3.8) is 0 Å². The fraction of sp³-hybridized carbons (Fsp3) is 0.409. The van der Waals surface area contributed by atoms with E-state index in [0.717, 1.165) is 12.0 Å². The van der Waals surface area contributed by atoms with Gasteiger partial charge in [-0.15, -0.1) is 0 Å². The van der Waals surface area contributed by atoms with E-state index in [1.54, 1.807) is 0 Å². The van der Waals surface area contributed by atoms with Crippen LogP contribution >= 0.6 is 0 Å². The van der Waals surface area contributed by atoms with Crippen LogP contribution in [-0.4, -0.2) is 42.5 Å². The zero-order valence-corrected chi connectivity index (χ0v) is 17.3. The molecule has 1 amide bonds. The molecule has 0 fully saturated rings. The number of ether oxygens (including phenoxy) is 3. The summed E-state index contributed by atoms with van der Waals surface area (Å²) in [5.41, 5.74) is 1.38. The molecule has 1 aliphatic rings. The van der Waals surface area contributed by atoms with Gasteiger partial charge in [-0.2, -0.15) is 0 Å². The first-order valence-electron chi connectivity index (χ1n) is 9.90. The van der Waals surface area contributed by atoms with E-state index in [-0.39, 0.29) is 23.4 Å². The Kier molecular flexibility index (Phi) is 6.76. The zero-order valence-electron chi connectivity index (χ0n) is 17.3. The highest BCUT2D eigenvalue weighted by atomic mass is 16.5. The molecule has 1 atom stereocenters. The topological polar surface area (TPSA) is 107 Å². The summed E-state index contributed by atoms with van der Waals surface area (Å²) in [5.74, 6) is 0.148. The molecule has 2 N–H and O–H groups in total. The maximum absolute atomic E-state index is 12.4. The number of rotatable bonds is 7. The summed E-state index contributed by atoms with van der Waals surface area (Å²) >= 11 is 0. The van der Waals surface area contributed by atoms with Gasteiger partial charge in [0.15, 0.2) is 23.9 Å². The molecule has 0 saturated heterocycles. The van der Waals surface area contributed by atoms with Crippen LogP contribution < -0.4 is 14.8 Å². The highest BCUT2D eigenvalue weighted by Crippen LogP contribution is 2.34. The van der Waals surface area contributed by atoms with Gasteiger partial charge in [-0.25, -0.2) is 4.79 Å². The second-order valence-corrected chi connectivity index (χ2v) is 7.48. The lowest BCUT2D eigenvalue weighted by Gasteiger charge is -2.23. The van der Waals surface area contributed by atoms with Gasteiger partial charge in [-0.1, -0.05) is 19.9 Å². The first-order chi connectivity index (χ1) is 14.3. The van der Waals surface area contributed by atoms with E-state index in [4.69, 9.17) is 14.2 Å². The molecule has 0 aliphatic carbocycles. The molecule has 3 rings (SSSR count). The van der Waals surface area contributed by atoms with Crippen LogP contribution in [0.3, 0.4) is 0 Å². The van der Waals surface area contributed by atoms with E-state index in [0.29, 0.717) is 30.3 Å². The molecule has 160 valence electrons. The lowest BCUT2D eigenvalue weighted by molar-refractivity contribution is -0.125. The summed E-state index contributed by atoms with van der Waals surface area (Å²) < 4.78 is 16.5. The van der Waals surface area contributed by atoms with Crippen molar-refractivity contribution in [2.45, 2.75) is 33.2 Å². The maximum Gasteiger partial charge on any atom is 0.355 e. The molecular formula is C22H26N2O6. The number of carbonyl (C=O) groups excluding carboxylic acids is 3. The Labute approximate surface area is 174 Å². The number of H-pyrrole nitrogens is 1. The van der Waals surface area contributed by atoms with E-state index >= 15 is 0 Å². The molecule has 0 saturated carbocycles. The molecule has 0 bridgehead atoms. The highest BCUT2D eigenvalue weighted by Gasteiger charge is 2.22. The standard InChI is InChI=1S/C22H26N2O6/c1-13(2)21(15-5-6-18-19(10-15)29-8-4-7-28-18)24-20(26)12-30-22(27)17-9-16(11-23-17)14(3)25/h5-6,9-11,13,21,23H,4,7-8,12H2,1-3H3,(H,24,26)/t21-/m0/s1. The van der Waals surface area contributed by atoms with Crippen molar-refractivity contribution in [2.75, 3.05) is 19.8 Å². The van der Waals surface area contributed by atoms with Crippen LogP contribution in [0.25, 0.3) is 0 Å². The quantitative estimate of drug-likeness (QED) is 0.533. The summed E-state index contributed by atoms with van der Waals surface area (Å²) in [6.07, 6.45) is 2.24. The molecule has 1 aliphatic heterocycles. The number of benzene rings is 1. The van der Waals surface area contributed by atoms with Crippen molar-refractivity contribution >= 4 is 17.7 Å². The Balaban J connectivity index is 1.62. The average Bonchev–Trinajstić information content (AvgIpc) is 3.10. The number of Topliss-reactive ketones (excluding diaryl/α,β-unsaturated/α-hetero) is 1. The van der Waals surface area contributed by atoms with Crippen molar-refractivity contribution in [2.24, 2.45) is 5.92 Å². The van der Waals surface area contributed by atoms with Crippen LogP contribution in [0.4, 0.5) is 0 Å². The molecule has 8 nitrogen and oxygen atoms in total. The van der Waals surface area contributed by atoms with Crippen LogP contribution in [0.15, 0.2) is 30.5 Å².